The molecule has 21 heavy (non-hydrogen) atoms. The molecule has 5 heteroatoms. The van der Waals surface area contributed by atoms with Gasteiger partial charge in [-0.1, -0.05) is 20.8 Å². The lowest BCUT2D eigenvalue weighted by Crippen LogP contribution is -2.51. The summed E-state index contributed by atoms with van der Waals surface area (Å²) < 4.78 is 0. The molecule has 0 fully saturated rings. The van der Waals surface area contributed by atoms with Gasteiger partial charge in [0.15, 0.2) is 0 Å². The second kappa shape index (κ2) is 5.30. The summed E-state index contributed by atoms with van der Waals surface area (Å²) in [5.74, 6) is -0.543. The molecule has 0 bridgehead atoms. The summed E-state index contributed by atoms with van der Waals surface area (Å²) in [6, 6.07) is 3.08. The van der Waals surface area contributed by atoms with Crippen LogP contribution in [0.4, 0.5) is 5.82 Å². The summed E-state index contributed by atoms with van der Waals surface area (Å²) in [4.78, 5) is 15.8. The van der Waals surface area contributed by atoms with Gasteiger partial charge in [-0.15, -0.1) is 0 Å². The first-order chi connectivity index (χ1) is 9.24. The van der Waals surface area contributed by atoms with E-state index < -0.39 is 17.1 Å². The van der Waals surface area contributed by atoms with Gasteiger partial charge in [0.25, 0.3) is 0 Å². The molecule has 1 heterocycles. The number of aromatic carboxylic acids is 1. The Kier molecular flexibility index (Phi) is 4.40. The Morgan fingerprint density at radius 2 is 1.62 bits per heavy atom. The van der Waals surface area contributed by atoms with Crippen LogP contribution >= 0.6 is 0 Å². The van der Waals surface area contributed by atoms with E-state index in [1.54, 1.807) is 19.9 Å². The first-order valence-corrected chi connectivity index (χ1v) is 7.00. The summed E-state index contributed by atoms with van der Waals surface area (Å²) in [5, 5.41) is 22.6. The molecule has 3 N–H and O–H groups in total. The Hall–Kier alpha value is -1.62. The van der Waals surface area contributed by atoms with Crippen molar-refractivity contribution in [1.29, 1.82) is 0 Å². The maximum absolute atomic E-state index is 11.3. The van der Waals surface area contributed by atoms with Crippen LogP contribution in [0.15, 0.2) is 12.1 Å². The predicted octanol–water partition coefficient (Wildman–Crippen LogP) is 3.04. The number of carboxylic acids is 1. The average molecular weight is 294 g/mol. The number of aromatic nitrogens is 1. The Morgan fingerprint density at radius 3 is 2.00 bits per heavy atom. The molecule has 1 aromatic heterocycles. The fraction of sp³-hybridized carbons (Fsp3) is 0.625. The van der Waals surface area contributed by atoms with Gasteiger partial charge in [-0.2, -0.15) is 0 Å². The van der Waals surface area contributed by atoms with Crippen molar-refractivity contribution < 1.29 is 15.0 Å². The third-order valence-corrected chi connectivity index (χ3v) is 3.81. The van der Waals surface area contributed by atoms with Gasteiger partial charge in [0.2, 0.25) is 0 Å². The van der Waals surface area contributed by atoms with Crippen molar-refractivity contribution in [3.63, 3.8) is 0 Å². The molecule has 0 aromatic carbocycles. The lowest BCUT2D eigenvalue weighted by atomic mass is 9.86. The summed E-state index contributed by atoms with van der Waals surface area (Å²) in [7, 11) is 0. The van der Waals surface area contributed by atoms with Gasteiger partial charge in [0.05, 0.1) is 16.7 Å². The standard InChI is InChI=1S/C16H26N2O3/c1-14(2,3)11-8-10(13(19)20)9-12(17-11)18-15(4,5)16(6,7)21/h8-9,21H,1-7H3,(H,17,18)(H,19,20). The highest BCUT2D eigenvalue weighted by molar-refractivity contribution is 5.88. The molecular formula is C16H26N2O3. The number of carboxylic acid groups (broad SMARTS) is 1. The van der Waals surface area contributed by atoms with E-state index in [1.165, 1.54) is 6.07 Å². The van der Waals surface area contributed by atoms with E-state index in [4.69, 9.17) is 0 Å². The highest BCUT2D eigenvalue weighted by atomic mass is 16.4. The molecule has 0 saturated heterocycles. The molecular weight excluding hydrogens is 268 g/mol. The van der Waals surface area contributed by atoms with E-state index >= 15 is 0 Å². The molecule has 0 saturated carbocycles. The van der Waals surface area contributed by atoms with Crippen LogP contribution in [0.3, 0.4) is 0 Å². The Balaban J connectivity index is 3.31. The fourth-order valence-corrected chi connectivity index (χ4v) is 1.58. The second-order valence-corrected chi connectivity index (χ2v) is 7.49. The normalized spacial score (nSPS) is 13.1. The third-order valence-electron chi connectivity index (χ3n) is 3.81. The van der Waals surface area contributed by atoms with Crippen LogP contribution in [0.1, 0.15) is 64.5 Å². The highest BCUT2D eigenvalue weighted by Crippen LogP contribution is 2.28. The number of nitrogens with zero attached hydrogens (tertiary/aromatic N) is 1. The van der Waals surface area contributed by atoms with Crippen LogP contribution in [-0.4, -0.2) is 32.3 Å². The molecule has 0 unspecified atom stereocenters. The Labute approximate surface area is 126 Å². The van der Waals surface area contributed by atoms with Crippen molar-refractivity contribution >= 4 is 11.8 Å². The third kappa shape index (κ3) is 4.17. The van der Waals surface area contributed by atoms with Crippen molar-refractivity contribution in [1.82, 2.24) is 4.98 Å². The zero-order valence-corrected chi connectivity index (χ0v) is 13.9. The van der Waals surface area contributed by atoms with Crippen LogP contribution in [0.25, 0.3) is 0 Å². The van der Waals surface area contributed by atoms with Crippen molar-refractivity contribution in [2.24, 2.45) is 0 Å². The average Bonchev–Trinajstić information content (AvgIpc) is 2.24. The molecule has 1 aromatic rings. The van der Waals surface area contributed by atoms with Gasteiger partial charge in [0.1, 0.15) is 5.82 Å². The van der Waals surface area contributed by atoms with E-state index in [1.807, 2.05) is 34.6 Å². The zero-order valence-electron chi connectivity index (χ0n) is 13.9. The van der Waals surface area contributed by atoms with Crippen LogP contribution in [-0.2, 0) is 5.41 Å². The molecule has 0 aliphatic heterocycles. The molecule has 0 radical (unpaired) electrons. The van der Waals surface area contributed by atoms with Gasteiger partial charge in [-0.25, -0.2) is 9.78 Å². The minimum Gasteiger partial charge on any atom is -0.478 e. The first-order valence-electron chi connectivity index (χ1n) is 7.00. The second-order valence-electron chi connectivity index (χ2n) is 7.49. The smallest absolute Gasteiger partial charge is 0.335 e. The molecule has 5 nitrogen and oxygen atoms in total. The van der Waals surface area contributed by atoms with E-state index in [9.17, 15) is 15.0 Å². The molecule has 0 spiro atoms. The van der Waals surface area contributed by atoms with Crippen molar-refractivity contribution in [3.8, 4) is 0 Å². The molecule has 0 aliphatic rings. The van der Waals surface area contributed by atoms with Gasteiger partial charge in [-0.3, -0.25) is 0 Å². The maximum atomic E-state index is 11.3. The van der Waals surface area contributed by atoms with E-state index in [0.717, 1.165) is 0 Å². The molecule has 0 atom stereocenters. The monoisotopic (exact) mass is 294 g/mol. The number of hydrogen-bond acceptors (Lipinski definition) is 4. The molecule has 1 rings (SSSR count). The summed E-state index contributed by atoms with van der Waals surface area (Å²) >= 11 is 0. The number of pyridine rings is 1. The largest absolute Gasteiger partial charge is 0.478 e. The molecule has 118 valence electrons. The van der Waals surface area contributed by atoms with Crippen LogP contribution in [0.5, 0.6) is 0 Å². The number of hydrogen-bond donors (Lipinski definition) is 3. The highest BCUT2D eigenvalue weighted by Gasteiger charge is 2.35. The Morgan fingerprint density at radius 1 is 1.10 bits per heavy atom. The van der Waals surface area contributed by atoms with Crippen LogP contribution in [0.2, 0.25) is 0 Å². The minimum absolute atomic E-state index is 0.184. The lowest BCUT2D eigenvalue weighted by Gasteiger charge is -2.38. The Bertz CT molecular complexity index is 537. The van der Waals surface area contributed by atoms with Gasteiger partial charge in [0, 0.05) is 11.1 Å². The minimum atomic E-state index is -0.994. The van der Waals surface area contributed by atoms with Crippen molar-refractivity contribution in [2.45, 2.75) is 65.0 Å². The topological polar surface area (TPSA) is 82.5 Å². The number of aliphatic hydroxyl groups is 1. The predicted molar refractivity (Wildman–Crippen MR) is 83.9 cm³/mol. The summed E-state index contributed by atoms with van der Waals surface area (Å²) in [6.45, 7) is 13.0. The van der Waals surface area contributed by atoms with E-state index in [0.29, 0.717) is 11.5 Å². The summed E-state index contributed by atoms with van der Waals surface area (Å²) in [6.07, 6.45) is 0. The number of carbonyl (C=O) groups is 1. The molecule has 0 amide bonds. The number of rotatable bonds is 4. The maximum Gasteiger partial charge on any atom is 0.335 e. The van der Waals surface area contributed by atoms with Crippen LogP contribution in [0, 0.1) is 0 Å². The van der Waals surface area contributed by atoms with Crippen LogP contribution < -0.4 is 5.32 Å². The number of anilines is 1. The summed E-state index contributed by atoms with van der Waals surface area (Å²) in [5.41, 5.74) is -1.04. The van der Waals surface area contributed by atoms with Crippen molar-refractivity contribution in [3.05, 3.63) is 23.4 Å². The quantitative estimate of drug-likeness (QED) is 0.795. The van der Waals surface area contributed by atoms with Gasteiger partial charge >= 0.3 is 5.97 Å². The van der Waals surface area contributed by atoms with E-state index in [-0.39, 0.29) is 11.0 Å². The lowest BCUT2D eigenvalue weighted by molar-refractivity contribution is 0.0238. The SMILES string of the molecule is CC(C)(C)c1cc(C(=O)O)cc(NC(C)(C)C(C)(C)O)n1. The van der Waals surface area contributed by atoms with Gasteiger partial charge in [-0.05, 0) is 39.8 Å². The molecule has 0 aliphatic carbocycles. The van der Waals surface area contributed by atoms with Gasteiger partial charge < -0.3 is 15.5 Å². The zero-order chi connectivity index (χ0) is 16.6. The number of nitrogens with one attached hydrogen (secondary N) is 1. The van der Waals surface area contributed by atoms with E-state index in [2.05, 4.69) is 10.3 Å². The fourth-order valence-electron chi connectivity index (χ4n) is 1.58. The first kappa shape index (κ1) is 17.4. The van der Waals surface area contributed by atoms with Crippen molar-refractivity contribution in [2.75, 3.05) is 5.32 Å².